The molecule has 0 radical (unpaired) electrons. The number of rotatable bonds is 2. The number of aromatic nitrogens is 1. The van der Waals surface area contributed by atoms with Crippen LogP contribution in [0.2, 0.25) is 5.02 Å². The van der Waals surface area contributed by atoms with Crippen LogP contribution in [0.3, 0.4) is 0 Å². The fraction of sp³-hybridized carbons (Fsp3) is 0.154. The summed E-state index contributed by atoms with van der Waals surface area (Å²) in [5, 5.41) is 10.8. The zero-order chi connectivity index (χ0) is 12.4. The van der Waals surface area contributed by atoms with Crippen molar-refractivity contribution in [3.63, 3.8) is 0 Å². The van der Waals surface area contributed by atoms with E-state index in [9.17, 15) is 5.11 Å². The third-order valence-electron chi connectivity index (χ3n) is 2.47. The first-order valence-electron chi connectivity index (χ1n) is 5.12. The molecule has 0 aliphatic carbocycles. The van der Waals surface area contributed by atoms with Gasteiger partial charge in [-0.25, -0.2) is 0 Å². The van der Waals surface area contributed by atoms with E-state index in [1.165, 1.54) is 0 Å². The van der Waals surface area contributed by atoms with Gasteiger partial charge in [0.1, 0.15) is 6.10 Å². The van der Waals surface area contributed by atoms with Gasteiger partial charge in [-0.1, -0.05) is 39.7 Å². The summed E-state index contributed by atoms with van der Waals surface area (Å²) in [6.45, 7) is 1.94. The Morgan fingerprint density at radius 1 is 1.29 bits per heavy atom. The van der Waals surface area contributed by atoms with Gasteiger partial charge >= 0.3 is 0 Å². The number of aryl methyl sites for hydroxylation is 1. The Balaban J connectivity index is 2.40. The summed E-state index contributed by atoms with van der Waals surface area (Å²) in [7, 11) is 0. The zero-order valence-corrected chi connectivity index (χ0v) is 11.5. The van der Waals surface area contributed by atoms with Gasteiger partial charge in [-0.3, -0.25) is 4.98 Å². The van der Waals surface area contributed by atoms with E-state index in [1.807, 2.05) is 19.1 Å². The first-order chi connectivity index (χ1) is 8.08. The summed E-state index contributed by atoms with van der Waals surface area (Å²) in [6.07, 6.45) is 2.65. The summed E-state index contributed by atoms with van der Waals surface area (Å²) in [5.41, 5.74) is 2.44. The number of benzene rings is 1. The molecule has 17 heavy (non-hydrogen) atoms. The van der Waals surface area contributed by atoms with E-state index in [0.29, 0.717) is 10.6 Å². The maximum atomic E-state index is 10.2. The van der Waals surface area contributed by atoms with Crippen molar-refractivity contribution in [2.24, 2.45) is 0 Å². The van der Waals surface area contributed by atoms with Gasteiger partial charge in [0.05, 0.1) is 0 Å². The summed E-state index contributed by atoms with van der Waals surface area (Å²) < 4.78 is 0.890. The molecule has 0 saturated carbocycles. The van der Waals surface area contributed by atoms with Crippen molar-refractivity contribution in [3.8, 4) is 0 Å². The van der Waals surface area contributed by atoms with Gasteiger partial charge in [-0.15, -0.1) is 0 Å². The van der Waals surface area contributed by atoms with Crippen molar-refractivity contribution in [2.75, 3.05) is 0 Å². The molecule has 2 nitrogen and oxygen atoms in total. The van der Waals surface area contributed by atoms with E-state index < -0.39 is 6.10 Å². The lowest BCUT2D eigenvalue weighted by Gasteiger charge is -2.13. The Labute approximate surface area is 113 Å². The molecule has 1 atom stereocenters. The van der Waals surface area contributed by atoms with Crippen LogP contribution in [0.5, 0.6) is 0 Å². The lowest BCUT2D eigenvalue weighted by atomic mass is 10.0. The molecule has 2 rings (SSSR count). The monoisotopic (exact) mass is 311 g/mol. The van der Waals surface area contributed by atoms with Gasteiger partial charge in [-0.2, -0.15) is 0 Å². The smallest absolute Gasteiger partial charge is 0.107 e. The fourth-order valence-corrected chi connectivity index (χ4v) is 2.41. The van der Waals surface area contributed by atoms with Crippen LogP contribution >= 0.6 is 27.5 Å². The molecule has 0 aliphatic heterocycles. The van der Waals surface area contributed by atoms with E-state index in [-0.39, 0.29) is 0 Å². The van der Waals surface area contributed by atoms with Crippen LogP contribution in [0.15, 0.2) is 41.1 Å². The maximum Gasteiger partial charge on any atom is 0.107 e. The summed E-state index contributed by atoms with van der Waals surface area (Å²) in [5.74, 6) is 0. The van der Waals surface area contributed by atoms with Crippen LogP contribution in [0.25, 0.3) is 0 Å². The highest BCUT2D eigenvalue weighted by Gasteiger charge is 2.14. The number of hydrogen-bond donors (Lipinski definition) is 1. The first kappa shape index (κ1) is 12.6. The Morgan fingerprint density at radius 3 is 2.71 bits per heavy atom. The molecule has 0 spiro atoms. The number of aliphatic hydroxyl groups excluding tert-OH is 1. The molecule has 88 valence electrons. The molecule has 0 fully saturated rings. The minimum Gasteiger partial charge on any atom is -0.384 e. The fourth-order valence-electron chi connectivity index (χ4n) is 1.63. The standard InChI is InChI=1S/C13H11BrClNO/c1-8-4-9(7-16-6-8)13(17)11-3-2-10(14)5-12(11)15/h2-7,13,17H,1H3. The minimum absolute atomic E-state index is 0.536. The van der Waals surface area contributed by atoms with Crippen LogP contribution in [0.1, 0.15) is 22.8 Å². The molecular formula is C13H11BrClNO. The minimum atomic E-state index is -0.747. The van der Waals surface area contributed by atoms with Crippen LogP contribution in [-0.4, -0.2) is 10.1 Å². The van der Waals surface area contributed by atoms with Gasteiger partial charge in [0.15, 0.2) is 0 Å². The lowest BCUT2D eigenvalue weighted by Crippen LogP contribution is -2.01. The Kier molecular flexibility index (Phi) is 3.82. The molecule has 2 aromatic rings. The summed E-state index contributed by atoms with van der Waals surface area (Å²) in [6, 6.07) is 7.33. The van der Waals surface area contributed by atoms with E-state index in [2.05, 4.69) is 20.9 Å². The highest BCUT2D eigenvalue weighted by Crippen LogP contribution is 2.30. The first-order valence-corrected chi connectivity index (χ1v) is 6.29. The summed E-state index contributed by atoms with van der Waals surface area (Å²) >= 11 is 9.44. The molecule has 1 aromatic heterocycles. The van der Waals surface area contributed by atoms with Gasteiger partial charge < -0.3 is 5.11 Å². The van der Waals surface area contributed by atoms with Crippen LogP contribution in [0, 0.1) is 6.92 Å². The van der Waals surface area contributed by atoms with E-state index in [4.69, 9.17) is 11.6 Å². The molecule has 0 saturated heterocycles. The Hall–Kier alpha value is -0.900. The van der Waals surface area contributed by atoms with E-state index in [1.54, 1.807) is 24.5 Å². The van der Waals surface area contributed by atoms with Crippen molar-refractivity contribution < 1.29 is 5.11 Å². The highest BCUT2D eigenvalue weighted by molar-refractivity contribution is 9.10. The molecule has 0 bridgehead atoms. The van der Waals surface area contributed by atoms with Crippen molar-refractivity contribution in [2.45, 2.75) is 13.0 Å². The number of aliphatic hydroxyl groups is 1. The van der Waals surface area contributed by atoms with Crippen molar-refractivity contribution in [3.05, 3.63) is 62.8 Å². The molecule has 1 N–H and O–H groups in total. The Morgan fingerprint density at radius 2 is 2.06 bits per heavy atom. The second-order valence-corrected chi connectivity index (χ2v) is 5.19. The maximum absolute atomic E-state index is 10.2. The molecule has 0 aliphatic rings. The summed E-state index contributed by atoms with van der Waals surface area (Å²) in [4.78, 5) is 4.07. The zero-order valence-electron chi connectivity index (χ0n) is 9.19. The lowest BCUT2D eigenvalue weighted by molar-refractivity contribution is 0.220. The average Bonchev–Trinajstić information content (AvgIpc) is 2.28. The van der Waals surface area contributed by atoms with Crippen LogP contribution in [-0.2, 0) is 0 Å². The largest absolute Gasteiger partial charge is 0.384 e. The normalized spacial score (nSPS) is 12.5. The number of hydrogen-bond acceptors (Lipinski definition) is 2. The van der Waals surface area contributed by atoms with E-state index in [0.717, 1.165) is 15.6 Å². The van der Waals surface area contributed by atoms with Gasteiger partial charge in [0, 0.05) is 33.0 Å². The molecule has 1 aromatic carbocycles. The second kappa shape index (κ2) is 5.17. The molecule has 4 heteroatoms. The molecule has 0 amide bonds. The SMILES string of the molecule is Cc1cncc(C(O)c2ccc(Br)cc2Cl)c1. The van der Waals surface area contributed by atoms with Crippen molar-refractivity contribution in [1.29, 1.82) is 0 Å². The molecule has 1 heterocycles. The van der Waals surface area contributed by atoms with Crippen molar-refractivity contribution >= 4 is 27.5 Å². The van der Waals surface area contributed by atoms with E-state index >= 15 is 0 Å². The molecule has 1 unspecified atom stereocenters. The number of halogens is 2. The Bertz CT molecular complexity index is 545. The highest BCUT2D eigenvalue weighted by atomic mass is 79.9. The average molecular weight is 313 g/mol. The second-order valence-electron chi connectivity index (χ2n) is 3.86. The van der Waals surface area contributed by atoms with Gasteiger partial charge in [0.2, 0.25) is 0 Å². The topological polar surface area (TPSA) is 33.1 Å². The number of nitrogens with zero attached hydrogens (tertiary/aromatic N) is 1. The predicted octanol–water partition coefficient (Wildman–Crippen LogP) is 3.89. The van der Waals surface area contributed by atoms with Gasteiger partial charge in [-0.05, 0) is 24.6 Å². The predicted molar refractivity (Wildman–Crippen MR) is 72.2 cm³/mol. The van der Waals surface area contributed by atoms with Crippen LogP contribution in [0.4, 0.5) is 0 Å². The third-order valence-corrected chi connectivity index (χ3v) is 3.29. The quantitative estimate of drug-likeness (QED) is 0.912. The van der Waals surface area contributed by atoms with Crippen LogP contribution < -0.4 is 0 Å². The van der Waals surface area contributed by atoms with Gasteiger partial charge in [0.25, 0.3) is 0 Å². The van der Waals surface area contributed by atoms with Crippen molar-refractivity contribution in [1.82, 2.24) is 4.98 Å². The molecular weight excluding hydrogens is 302 g/mol. The number of pyridine rings is 1. The third kappa shape index (κ3) is 2.86.